The number of piperidine rings is 1. The highest BCUT2D eigenvalue weighted by atomic mass is 32.2. The molecule has 1 aromatic carbocycles. The highest BCUT2D eigenvalue weighted by Crippen LogP contribution is 2.32. The molecule has 1 unspecified atom stereocenters. The molecule has 2 N–H and O–H groups in total. The maximum Gasteiger partial charge on any atom is 0.279 e. The van der Waals surface area contributed by atoms with E-state index in [2.05, 4.69) is 5.32 Å². The van der Waals surface area contributed by atoms with Gasteiger partial charge in [0.2, 0.25) is 10.0 Å². The van der Waals surface area contributed by atoms with Crippen LogP contribution < -0.4 is 10.2 Å². The third-order valence-electron chi connectivity index (χ3n) is 6.72. The molecular formula is C22H36N3O3S+. The monoisotopic (exact) mass is 422 g/mol. The fourth-order valence-electron chi connectivity index (χ4n) is 4.99. The molecule has 1 saturated heterocycles. The first-order chi connectivity index (χ1) is 13.8. The molecule has 1 saturated carbocycles. The number of nitrogens with one attached hydrogen (secondary N) is 2. The Hall–Kier alpha value is -1.44. The third kappa shape index (κ3) is 5.19. The van der Waals surface area contributed by atoms with Crippen molar-refractivity contribution >= 4 is 21.6 Å². The number of aryl methyl sites for hydroxylation is 1. The van der Waals surface area contributed by atoms with Gasteiger partial charge in [0, 0.05) is 24.7 Å². The molecule has 162 valence electrons. The van der Waals surface area contributed by atoms with Crippen molar-refractivity contribution in [3.63, 3.8) is 0 Å². The van der Waals surface area contributed by atoms with Crippen LogP contribution in [-0.2, 0) is 14.8 Å². The first-order valence-electron chi connectivity index (χ1n) is 11.1. The topological polar surface area (TPSA) is 70.9 Å². The summed E-state index contributed by atoms with van der Waals surface area (Å²) in [5.74, 6) is 1.60. The van der Waals surface area contributed by atoms with Crippen LogP contribution in [0.25, 0.3) is 0 Å². The van der Waals surface area contributed by atoms with Crippen LogP contribution in [0.4, 0.5) is 5.69 Å². The van der Waals surface area contributed by atoms with Crippen molar-refractivity contribution in [2.75, 3.05) is 38.0 Å². The maximum absolute atomic E-state index is 12.8. The zero-order chi connectivity index (χ0) is 21.0. The molecule has 1 aromatic rings. The lowest BCUT2D eigenvalue weighted by Crippen LogP contribution is -3.15. The predicted molar refractivity (Wildman–Crippen MR) is 116 cm³/mol. The number of hydrogen-bond donors (Lipinski definition) is 2. The number of sulfonamides is 1. The van der Waals surface area contributed by atoms with Crippen LogP contribution in [0.5, 0.6) is 0 Å². The molecule has 0 radical (unpaired) electrons. The minimum Gasteiger partial charge on any atom is -0.327 e. The lowest BCUT2D eigenvalue weighted by atomic mass is 9.75. The molecule has 0 bridgehead atoms. The van der Waals surface area contributed by atoms with Gasteiger partial charge in [-0.15, -0.1) is 0 Å². The molecule has 0 aromatic heterocycles. The Kier molecular flexibility index (Phi) is 7.35. The van der Waals surface area contributed by atoms with E-state index < -0.39 is 10.0 Å². The number of nitrogens with zero attached hydrogens (tertiary/aromatic N) is 1. The van der Waals surface area contributed by atoms with Crippen molar-refractivity contribution in [1.29, 1.82) is 0 Å². The lowest BCUT2D eigenvalue weighted by molar-refractivity contribution is -0.902. The summed E-state index contributed by atoms with van der Waals surface area (Å²) in [6.45, 7) is 9.01. The number of carbonyl (C=O) groups excluding carboxylic acids is 1. The van der Waals surface area contributed by atoms with Crippen LogP contribution in [0.2, 0.25) is 0 Å². The molecule has 3 rings (SSSR count). The summed E-state index contributed by atoms with van der Waals surface area (Å²) < 4.78 is 27.0. The number of benzene rings is 1. The zero-order valence-corrected chi connectivity index (χ0v) is 18.9. The number of hydrogen-bond acceptors (Lipinski definition) is 3. The van der Waals surface area contributed by atoms with Crippen molar-refractivity contribution in [2.45, 2.75) is 57.8 Å². The third-order valence-corrected chi connectivity index (χ3v) is 8.77. The number of amides is 1. The number of rotatable bonds is 7. The minimum atomic E-state index is -3.54. The van der Waals surface area contributed by atoms with Gasteiger partial charge in [0.05, 0.1) is 18.0 Å². The normalized spacial score (nSPS) is 24.9. The van der Waals surface area contributed by atoms with E-state index in [9.17, 15) is 13.2 Å². The summed E-state index contributed by atoms with van der Waals surface area (Å²) in [7, 11) is -3.54. The van der Waals surface area contributed by atoms with E-state index >= 15 is 0 Å². The average Bonchev–Trinajstić information content (AvgIpc) is 2.70. The number of likely N-dealkylation sites (tertiary alicyclic amines) is 1. The molecule has 1 heterocycles. The molecule has 6 nitrogen and oxygen atoms in total. The Morgan fingerprint density at radius 3 is 2.52 bits per heavy atom. The largest absolute Gasteiger partial charge is 0.327 e. The second-order valence-corrected chi connectivity index (χ2v) is 10.5. The molecule has 2 fully saturated rings. The Morgan fingerprint density at radius 1 is 1.14 bits per heavy atom. The van der Waals surface area contributed by atoms with E-state index in [0.29, 0.717) is 25.3 Å². The van der Waals surface area contributed by atoms with E-state index in [1.54, 1.807) is 18.2 Å². The van der Waals surface area contributed by atoms with Gasteiger partial charge in [-0.25, -0.2) is 8.42 Å². The van der Waals surface area contributed by atoms with Crippen molar-refractivity contribution in [2.24, 2.45) is 11.8 Å². The molecule has 29 heavy (non-hydrogen) atoms. The minimum absolute atomic E-state index is 0.0326. The number of carbonyl (C=O) groups is 1. The Bertz CT molecular complexity index is 821. The molecule has 1 aliphatic carbocycles. The predicted octanol–water partition coefficient (Wildman–Crippen LogP) is 2.06. The summed E-state index contributed by atoms with van der Waals surface area (Å²) in [6.07, 6.45) is 6.58. The number of quaternary nitrogens is 1. The smallest absolute Gasteiger partial charge is 0.279 e. The SMILES string of the molecule is CCN(CC)S(=O)(=O)c1ccc(C)c(NC(=O)C[NH+]2CC[C@H]3CCCC[C@@H]3C2)c1. The van der Waals surface area contributed by atoms with E-state index in [0.717, 1.165) is 30.5 Å². The van der Waals surface area contributed by atoms with Gasteiger partial charge in [0.15, 0.2) is 6.54 Å². The molecule has 3 atom stereocenters. The average molecular weight is 423 g/mol. The van der Waals surface area contributed by atoms with E-state index in [4.69, 9.17) is 0 Å². The fraction of sp³-hybridized carbons (Fsp3) is 0.682. The van der Waals surface area contributed by atoms with Gasteiger partial charge < -0.3 is 10.2 Å². The van der Waals surface area contributed by atoms with Crippen LogP contribution in [0, 0.1) is 18.8 Å². The molecule has 1 amide bonds. The van der Waals surface area contributed by atoms with Gasteiger partial charge in [0.1, 0.15) is 0 Å². The van der Waals surface area contributed by atoms with E-state index in [1.807, 2.05) is 20.8 Å². The summed E-state index contributed by atoms with van der Waals surface area (Å²) in [5, 5.41) is 2.97. The second kappa shape index (κ2) is 9.58. The van der Waals surface area contributed by atoms with Crippen molar-refractivity contribution in [1.82, 2.24) is 4.31 Å². The second-order valence-electron chi connectivity index (χ2n) is 8.59. The van der Waals surface area contributed by atoms with Crippen molar-refractivity contribution in [3.05, 3.63) is 23.8 Å². The summed E-state index contributed by atoms with van der Waals surface area (Å²) in [6, 6.07) is 4.99. The van der Waals surface area contributed by atoms with Crippen molar-refractivity contribution < 1.29 is 18.1 Å². The van der Waals surface area contributed by atoms with Gasteiger partial charge >= 0.3 is 0 Å². The van der Waals surface area contributed by atoms with Gasteiger partial charge in [-0.3, -0.25) is 4.79 Å². The highest BCUT2D eigenvalue weighted by Gasteiger charge is 2.34. The first-order valence-corrected chi connectivity index (χ1v) is 12.5. The standard InChI is InChI=1S/C22H35N3O3S/c1-4-25(5-2)29(27,28)20-11-10-17(3)21(14-20)23-22(26)16-24-13-12-18-8-6-7-9-19(18)15-24/h10-11,14,18-19H,4-9,12-13,15-16H2,1-3H3,(H,23,26)/p+1/t18-,19-/m1/s1. The molecular weight excluding hydrogens is 386 g/mol. The van der Waals surface area contributed by atoms with Gasteiger partial charge in [-0.2, -0.15) is 4.31 Å². The Balaban J connectivity index is 1.66. The number of fused-ring (bicyclic) bond motifs is 1. The van der Waals surface area contributed by atoms with Crippen LogP contribution in [-0.4, -0.2) is 51.4 Å². The van der Waals surface area contributed by atoms with Gasteiger partial charge in [-0.1, -0.05) is 32.8 Å². The van der Waals surface area contributed by atoms with E-state index in [-0.39, 0.29) is 10.8 Å². The summed E-state index contributed by atoms with van der Waals surface area (Å²) in [4.78, 5) is 14.3. The molecule has 7 heteroatoms. The van der Waals surface area contributed by atoms with Crippen LogP contribution in [0.1, 0.15) is 51.5 Å². The highest BCUT2D eigenvalue weighted by molar-refractivity contribution is 7.89. The quantitative estimate of drug-likeness (QED) is 0.707. The lowest BCUT2D eigenvalue weighted by Gasteiger charge is -2.38. The maximum atomic E-state index is 12.8. The number of anilines is 1. The Labute approximate surface area is 175 Å². The van der Waals surface area contributed by atoms with Crippen molar-refractivity contribution in [3.8, 4) is 0 Å². The molecule has 0 spiro atoms. The Morgan fingerprint density at radius 2 is 1.83 bits per heavy atom. The summed E-state index contributed by atoms with van der Waals surface area (Å²) in [5.41, 5.74) is 1.47. The molecule has 2 aliphatic rings. The van der Waals surface area contributed by atoms with E-state index in [1.165, 1.54) is 41.3 Å². The summed E-state index contributed by atoms with van der Waals surface area (Å²) >= 11 is 0. The van der Waals surface area contributed by atoms with Crippen LogP contribution >= 0.6 is 0 Å². The van der Waals surface area contributed by atoms with Crippen LogP contribution in [0.3, 0.4) is 0 Å². The van der Waals surface area contributed by atoms with Gasteiger partial charge in [-0.05, 0) is 49.8 Å². The van der Waals surface area contributed by atoms with Crippen LogP contribution in [0.15, 0.2) is 23.1 Å². The molecule has 1 aliphatic heterocycles. The fourth-order valence-corrected chi connectivity index (χ4v) is 6.47. The first kappa shape index (κ1) is 22.2. The zero-order valence-electron chi connectivity index (χ0n) is 18.0. The van der Waals surface area contributed by atoms with Gasteiger partial charge in [0.25, 0.3) is 5.91 Å².